The highest BCUT2D eigenvalue weighted by atomic mass is 35.5. The topological polar surface area (TPSA) is 90.4 Å². The van der Waals surface area contributed by atoms with E-state index in [2.05, 4.69) is 5.10 Å². The fourth-order valence-corrected chi connectivity index (χ4v) is 3.80. The van der Waals surface area contributed by atoms with E-state index in [4.69, 9.17) is 22.1 Å². The monoisotopic (exact) mass is 436 g/mol. The lowest BCUT2D eigenvalue weighted by molar-refractivity contribution is 0.0153. The average Bonchev–Trinajstić information content (AvgIpc) is 3.02. The number of ether oxygens (including phenoxy) is 1. The predicted octanol–water partition coefficient (Wildman–Crippen LogP) is 4.53. The van der Waals surface area contributed by atoms with Gasteiger partial charge < -0.3 is 15.4 Å². The summed E-state index contributed by atoms with van der Waals surface area (Å²) < 4.78 is 20.9. The molecule has 0 spiro atoms. The van der Waals surface area contributed by atoms with Gasteiger partial charge in [0.25, 0.3) is 5.91 Å². The SMILES string of the molecule is CCCC1CN(C(=O)OC(C)(C)C)Cc2c(C(N)=O)c(-c3ccc(F)c(Cl)c3)nn21. The molecule has 1 aromatic carbocycles. The van der Waals surface area contributed by atoms with E-state index in [1.807, 2.05) is 6.92 Å². The fraction of sp³-hybridized carbons (Fsp3) is 0.476. The minimum atomic E-state index is -0.673. The Labute approximate surface area is 179 Å². The van der Waals surface area contributed by atoms with Crippen molar-refractivity contribution >= 4 is 23.6 Å². The van der Waals surface area contributed by atoms with Crippen LogP contribution < -0.4 is 5.73 Å². The number of carbonyl (C=O) groups is 2. The zero-order chi connectivity index (χ0) is 22.2. The Morgan fingerprint density at radius 1 is 1.37 bits per heavy atom. The zero-order valence-corrected chi connectivity index (χ0v) is 18.3. The van der Waals surface area contributed by atoms with Crippen molar-refractivity contribution in [1.82, 2.24) is 14.7 Å². The molecule has 0 radical (unpaired) electrons. The summed E-state index contributed by atoms with van der Waals surface area (Å²) in [6.45, 7) is 7.97. The van der Waals surface area contributed by atoms with Crippen molar-refractivity contribution in [3.63, 3.8) is 0 Å². The first kappa shape index (κ1) is 22.1. The summed E-state index contributed by atoms with van der Waals surface area (Å²) in [5, 5.41) is 4.56. The summed E-state index contributed by atoms with van der Waals surface area (Å²) >= 11 is 5.93. The molecule has 0 bridgehead atoms. The number of hydrogen-bond donors (Lipinski definition) is 1. The Balaban J connectivity index is 2.10. The third-order valence-electron chi connectivity index (χ3n) is 4.84. The average molecular weight is 437 g/mol. The van der Waals surface area contributed by atoms with Crippen LogP contribution in [0.1, 0.15) is 62.6 Å². The van der Waals surface area contributed by atoms with Crippen LogP contribution in [0.3, 0.4) is 0 Å². The number of amides is 2. The first-order chi connectivity index (χ1) is 14.0. The minimum Gasteiger partial charge on any atom is -0.444 e. The summed E-state index contributed by atoms with van der Waals surface area (Å²) in [5.74, 6) is -1.24. The molecule has 2 heterocycles. The normalized spacial score (nSPS) is 16.3. The molecule has 162 valence electrons. The van der Waals surface area contributed by atoms with Gasteiger partial charge in [0.05, 0.1) is 28.9 Å². The number of benzene rings is 1. The highest BCUT2D eigenvalue weighted by Gasteiger charge is 2.35. The molecule has 7 nitrogen and oxygen atoms in total. The zero-order valence-electron chi connectivity index (χ0n) is 17.5. The molecule has 0 aliphatic carbocycles. The lowest BCUT2D eigenvalue weighted by Gasteiger charge is -2.35. The maximum absolute atomic E-state index is 13.6. The van der Waals surface area contributed by atoms with Gasteiger partial charge in [0.2, 0.25) is 0 Å². The second kappa shape index (κ2) is 8.26. The maximum Gasteiger partial charge on any atom is 0.410 e. The van der Waals surface area contributed by atoms with Crippen molar-refractivity contribution < 1.29 is 18.7 Å². The molecule has 2 N–H and O–H groups in total. The van der Waals surface area contributed by atoms with Gasteiger partial charge in [-0.05, 0) is 45.4 Å². The smallest absolute Gasteiger partial charge is 0.410 e. The molecular weight excluding hydrogens is 411 g/mol. The molecular formula is C21H26ClFN4O3. The van der Waals surface area contributed by atoms with Crippen LogP contribution in [0.5, 0.6) is 0 Å². The molecule has 1 unspecified atom stereocenters. The van der Waals surface area contributed by atoms with Gasteiger partial charge in [0.1, 0.15) is 17.1 Å². The number of carbonyl (C=O) groups excluding carboxylic acids is 2. The summed E-state index contributed by atoms with van der Waals surface area (Å²) in [6, 6.07) is 3.99. The second-order valence-electron chi connectivity index (χ2n) is 8.41. The van der Waals surface area contributed by atoms with E-state index in [1.54, 1.807) is 30.4 Å². The number of nitrogens with zero attached hydrogens (tertiary/aromatic N) is 3. The Morgan fingerprint density at radius 3 is 2.63 bits per heavy atom. The van der Waals surface area contributed by atoms with E-state index in [0.29, 0.717) is 23.5 Å². The van der Waals surface area contributed by atoms with Gasteiger partial charge in [-0.1, -0.05) is 24.9 Å². The van der Waals surface area contributed by atoms with Gasteiger partial charge in [-0.25, -0.2) is 9.18 Å². The number of rotatable bonds is 4. The number of primary amides is 1. The van der Waals surface area contributed by atoms with E-state index in [-0.39, 0.29) is 23.2 Å². The fourth-order valence-electron chi connectivity index (χ4n) is 3.62. The molecule has 2 aromatic rings. The number of nitrogens with two attached hydrogens (primary N) is 1. The van der Waals surface area contributed by atoms with Gasteiger partial charge in [-0.15, -0.1) is 0 Å². The number of hydrogen-bond acceptors (Lipinski definition) is 4. The van der Waals surface area contributed by atoms with Gasteiger partial charge >= 0.3 is 6.09 Å². The van der Waals surface area contributed by atoms with Crippen molar-refractivity contribution in [2.75, 3.05) is 6.54 Å². The lowest BCUT2D eigenvalue weighted by Crippen LogP contribution is -2.44. The summed E-state index contributed by atoms with van der Waals surface area (Å²) in [6.07, 6.45) is 1.14. The van der Waals surface area contributed by atoms with Crippen LogP contribution in [-0.2, 0) is 11.3 Å². The highest BCUT2D eigenvalue weighted by Crippen LogP contribution is 2.34. The van der Waals surface area contributed by atoms with E-state index < -0.39 is 23.4 Å². The largest absolute Gasteiger partial charge is 0.444 e. The Hall–Kier alpha value is -2.61. The van der Waals surface area contributed by atoms with E-state index >= 15 is 0 Å². The first-order valence-electron chi connectivity index (χ1n) is 9.86. The Morgan fingerprint density at radius 2 is 2.07 bits per heavy atom. The quantitative estimate of drug-likeness (QED) is 0.762. The van der Waals surface area contributed by atoms with Crippen molar-refractivity contribution in [3.8, 4) is 11.3 Å². The molecule has 1 atom stereocenters. The van der Waals surface area contributed by atoms with Crippen LogP contribution in [0.15, 0.2) is 18.2 Å². The number of aromatic nitrogens is 2. The van der Waals surface area contributed by atoms with Gasteiger partial charge in [0, 0.05) is 12.1 Å². The lowest BCUT2D eigenvalue weighted by atomic mass is 10.0. The van der Waals surface area contributed by atoms with Crippen LogP contribution in [-0.4, -0.2) is 38.8 Å². The standard InChI is InChI=1S/C21H26ClFN4O3/c1-5-6-13-10-26(20(29)30-21(2,3)4)11-16-17(19(24)28)18(25-27(13)16)12-7-8-15(23)14(22)9-12/h7-9,13H,5-6,10-11H2,1-4H3,(H2,24,28). The van der Waals surface area contributed by atoms with Crippen LogP contribution in [0, 0.1) is 5.82 Å². The van der Waals surface area contributed by atoms with Gasteiger partial charge in [-0.3, -0.25) is 9.48 Å². The second-order valence-corrected chi connectivity index (χ2v) is 8.82. The molecule has 2 amide bonds. The molecule has 0 saturated carbocycles. The van der Waals surface area contributed by atoms with Crippen LogP contribution in [0.2, 0.25) is 5.02 Å². The highest BCUT2D eigenvalue weighted by molar-refractivity contribution is 6.31. The maximum atomic E-state index is 13.6. The van der Waals surface area contributed by atoms with E-state index in [0.717, 1.165) is 12.8 Å². The molecule has 1 aliphatic heterocycles. The number of halogens is 2. The third kappa shape index (κ3) is 4.43. The van der Waals surface area contributed by atoms with Crippen LogP contribution in [0.25, 0.3) is 11.3 Å². The summed E-state index contributed by atoms with van der Waals surface area (Å²) in [5.41, 5.74) is 6.60. The van der Waals surface area contributed by atoms with Gasteiger partial charge in [0.15, 0.2) is 0 Å². The third-order valence-corrected chi connectivity index (χ3v) is 5.13. The summed E-state index contributed by atoms with van der Waals surface area (Å²) in [7, 11) is 0. The molecule has 3 rings (SSSR count). The van der Waals surface area contributed by atoms with Crippen molar-refractivity contribution in [2.45, 2.75) is 58.7 Å². The molecule has 0 fully saturated rings. The Kier molecular flexibility index (Phi) is 6.08. The van der Waals surface area contributed by atoms with E-state index in [9.17, 15) is 14.0 Å². The molecule has 9 heteroatoms. The number of fused-ring (bicyclic) bond motifs is 1. The minimum absolute atomic E-state index is 0.0746. The van der Waals surface area contributed by atoms with Crippen LogP contribution in [0.4, 0.5) is 9.18 Å². The Bertz CT molecular complexity index is 983. The summed E-state index contributed by atoms with van der Waals surface area (Å²) in [4.78, 5) is 26.7. The van der Waals surface area contributed by atoms with Crippen molar-refractivity contribution in [2.24, 2.45) is 5.73 Å². The first-order valence-corrected chi connectivity index (χ1v) is 10.2. The molecule has 30 heavy (non-hydrogen) atoms. The molecule has 1 aromatic heterocycles. The van der Waals surface area contributed by atoms with Crippen molar-refractivity contribution in [3.05, 3.63) is 40.3 Å². The van der Waals surface area contributed by atoms with E-state index in [1.165, 1.54) is 18.2 Å². The van der Waals surface area contributed by atoms with Gasteiger partial charge in [-0.2, -0.15) is 5.10 Å². The predicted molar refractivity (Wildman–Crippen MR) is 112 cm³/mol. The molecule has 0 saturated heterocycles. The van der Waals surface area contributed by atoms with Crippen LogP contribution >= 0.6 is 11.6 Å². The van der Waals surface area contributed by atoms with Crippen molar-refractivity contribution in [1.29, 1.82) is 0 Å². The molecule has 1 aliphatic rings.